The predicted octanol–water partition coefficient (Wildman–Crippen LogP) is 9.68. The van der Waals surface area contributed by atoms with Gasteiger partial charge in [0.1, 0.15) is 11.5 Å². The van der Waals surface area contributed by atoms with E-state index >= 15 is 0 Å². The van der Waals surface area contributed by atoms with Crippen LogP contribution >= 0.6 is 55.1 Å². The third kappa shape index (κ3) is 14.0. The van der Waals surface area contributed by atoms with Crippen molar-refractivity contribution in [2.24, 2.45) is 10.2 Å². The first kappa shape index (κ1) is 40.4. The third-order valence-corrected chi connectivity index (χ3v) is 8.84. The first-order valence-corrected chi connectivity index (χ1v) is 18.6. The molecule has 14 heteroatoms. The molecule has 0 fully saturated rings. The number of nitrogens with one attached hydrogen (secondary N) is 2. The second kappa shape index (κ2) is 21.2. The van der Waals surface area contributed by atoms with Crippen LogP contribution in [0.25, 0.3) is 0 Å². The van der Waals surface area contributed by atoms with Crippen molar-refractivity contribution in [2.45, 2.75) is 51.4 Å². The highest BCUT2D eigenvalue weighted by Gasteiger charge is 2.13. The summed E-state index contributed by atoms with van der Waals surface area (Å²) in [4.78, 5) is 49.7. The molecule has 0 bridgehead atoms. The SMILES string of the molecule is O=C(CCCCCCCCC(=O)N/N=C\c1cc(Br)ccc1OC(=O)c1ccc(Cl)cc1)N/N=C\c1cc(Br)ccc1OC(=O)c1ccc(Cl)cc1. The molecule has 0 aromatic heterocycles. The van der Waals surface area contributed by atoms with Gasteiger partial charge in [0.25, 0.3) is 0 Å². The molecule has 4 aromatic rings. The molecule has 0 atom stereocenters. The van der Waals surface area contributed by atoms with Crippen LogP contribution in [0, 0.1) is 0 Å². The van der Waals surface area contributed by atoms with Gasteiger partial charge in [0.15, 0.2) is 0 Å². The molecule has 0 saturated heterocycles. The third-order valence-electron chi connectivity index (χ3n) is 7.35. The summed E-state index contributed by atoms with van der Waals surface area (Å²) in [7, 11) is 0. The molecule has 52 heavy (non-hydrogen) atoms. The van der Waals surface area contributed by atoms with Crippen LogP contribution in [0.15, 0.2) is 104 Å². The average molecular weight is 873 g/mol. The number of ether oxygens (including phenoxy) is 2. The van der Waals surface area contributed by atoms with Crippen LogP contribution < -0.4 is 20.3 Å². The van der Waals surface area contributed by atoms with E-state index < -0.39 is 11.9 Å². The number of rotatable bonds is 17. The largest absolute Gasteiger partial charge is 0.422 e. The lowest BCUT2D eigenvalue weighted by molar-refractivity contribution is -0.122. The van der Waals surface area contributed by atoms with E-state index in [1.165, 1.54) is 12.4 Å². The Morgan fingerprint density at radius 2 is 0.923 bits per heavy atom. The Bertz CT molecular complexity index is 1780. The van der Waals surface area contributed by atoms with Crippen molar-refractivity contribution in [1.82, 2.24) is 10.9 Å². The van der Waals surface area contributed by atoms with Gasteiger partial charge >= 0.3 is 11.9 Å². The number of unbranched alkanes of at least 4 members (excludes halogenated alkanes) is 5. The number of hydrogen-bond acceptors (Lipinski definition) is 8. The summed E-state index contributed by atoms with van der Waals surface area (Å²) in [5.74, 6) is -0.964. The summed E-state index contributed by atoms with van der Waals surface area (Å²) in [5.41, 5.74) is 6.74. The molecule has 0 unspecified atom stereocenters. The molecular formula is C38H34Br2Cl2N4O6. The van der Waals surface area contributed by atoms with Crippen LogP contribution in [0.1, 0.15) is 83.2 Å². The van der Waals surface area contributed by atoms with Gasteiger partial charge in [-0.15, -0.1) is 0 Å². The highest BCUT2D eigenvalue weighted by Crippen LogP contribution is 2.25. The molecule has 270 valence electrons. The molecule has 0 aliphatic heterocycles. The monoisotopic (exact) mass is 870 g/mol. The lowest BCUT2D eigenvalue weighted by atomic mass is 10.1. The highest BCUT2D eigenvalue weighted by molar-refractivity contribution is 9.10. The van der Waals surface area contributed by atoms with Crippen LogP contribution in [0.2, 0.25) is 10.0 Å². The minimum atomic E-state index is -0.546. The maximum Gasteiger partial charge on any atom is 0.343 e. The maximum absolute atomic E-state index is 12.5. The van der Waals surface area contributed by atoms with Gasteiger partial charge < -0.3 is 9.47 Å². The number of halogens is 4. The van der Waals surface area contributed by atoms with E-state index in [9.17, 15) is 19.2 Å². The summed E-state index contributed by atoms with van der Waals surface area (Å²) in [5, 5.41) is 9.09. The van der Waals surface area contributed by atoms with Gasteiger partial charge in [0, 0.05) is 43.0 Å². The van der Waals surface area contributed by atoms with E-state index in [2.05, 4.69) is 52.9 Å². The predicted molar refractivity (Wildman–Crippen MR) is 210 cm³/mol. The van der Waals surface area contributed by atoms with Crippen molar-refractivity contribution in [3.05, 3.63) is 126 Å². The van der Waals surface area contributed by atoms with Crippen LogP contribution in [0.4, 0.5) is 0 Å². The number of benzene rings is 4. The van der Waals surface area contributed by atoms with Crippen LogP contribution in [-0.2, 0) is 9.59 Å². The zero-order valence-corrected chi connectivity index (χ0v) is 32.4. The number of hydrogen-bond donors (Lipinski definition) is 2. The van der Waals surface area contributed by atoms with Crippen molar-refractivity contribution in [3.63, 3.8) is 0 Å². The number of hydrazone groups is 2. The zero-order chi connectivity index (χ0) is 37.3. The molecule has 2 N–H and O–H groups in total. The smallest absolute Gasteiger partial charge is 0.343 e. The summed E-state index contributed by atoms with van der Waals surface area (Å²) in [6.07, 6.45) is 8.45. The second-order valence-electron chi connectivity index (χ2n) is 11.4. The van der Waals surface area contributed by atoms with E-state index in [4.69, 9.17) is 32.7 Å². The zero-order valence-electron chi connectivity index (χ0n) is 27.8. The molecule has 4 rings (SSSR count). The second-order valence-corrected chi connectivity index (χ2v) is 14.1. The fourth-order valence-corrected chi connectivity index (χ4v) is 5.66. The quantitative estimate of drug-likeness (QED) is 0.0357. The normalized spacial score (nSPS) is 11.1. The van der Waals surface area contributed by atoms with Gasteiger partial charge in [-0.3, -0.25) is 9.59 Å². The molecule has 0 aliphatic rings. The minimum Gasteiger partial charge on any atom is -0.422 e. The van der Waals surface area contributed by atoms with Crippen LogP contribution in [0.3, 0.4) is 0 Å². The maximum atomic E-state index is 12.5. The topological polar surface area (TPSA) is 136 Å². The minimum absolute atomic E-state index is 0.224. The van der Waals surface area contributed by atoms with Crippen molar-refractivity contribution in [2.75, 3.05) is 0 Å². The van der Waals surface area contributed by atoms with Crippen LogP contribution in [-0.4, -0.2) is 36.2 Å². The molecule has 0 aliphatic carbocycles. The Balaban J connectivity index is 1.09. The standard InChI is InChI=1S/C38H34Br2Cl2N4O6/c39-29-13-19-33(51-37(49)25-9-15-31(41)16-10-25)27(21-29)23-43-45-35(47)7-5-3-1-2-4-6-8-36(48)46-44-24-28-22-30(40)14-20-34(28)52-38(50)26-11-17-32(42)18-12-26/h9-24H,1-8H2,(H,45,47)(H,46,48)/b43-23-,44-24-. The fourth-order valence-electron chi connectivity index (χ4n) is 4.65. The Labute approximate surface area is 328 Å². The molecule has 0 radical (unpaired) electrons. The van der Waals surface area contributed by atoms with Crippen molar-refractivity contribution >= 4 is 91.2 Å². The van der Waals surface area contributed by atoms with Gasteiger partial charge in [0.05, 0.1) is 23.6 Å². The van der Waals surface area contributed by atoms with E-state index in [1.807, 2.05) is 0 Å². The number of esters is 2. The van der Waals surface area contributed by atoms with Crippen molar-refractivity contribution in [3.8, 4) is 11.5 Å². The van der Waals surface area contributed by atoms with Gasteiger partial charge in [0.2, 0.25) is 11.8 Å². The van der Waals surface area contributed by atoms with Crippen molar-refractivity contribution < 1.29 is 28.7 Å². The Hall–Kier alpha value is -4.36. The van der Waals surface area contributed by atoms with Gasteiger partial charge in [-0.1, -0.05) is 80.7 Å². The molecule has 0 heterocycles. The molecular weight excluding hydrogens is 839 g/mol. The molecule has 4 aromatic carbocycles. The van der Waals surface area contributed by atoms with Crippen molar-refractivity contribution in [1.29, 1.82) is 0 Å². The average Bonchev–Trinajstić information content (AvgIpc) is 3.12. The van der Waals surface area contributed by atoms with Crippen LogP contribution in [0.5, 0.6) is 11.5 Å². The van der Waals surface area contributed by atoms with Gasteiger partial charge in [-0.25, -0.2) is 20.4 Å². The summed E-state index contributed by atoms with van der Waals surface area (Å²) in [6, 6.07) is 22.9. The first-order chi connectivity index (χ1) is 25.1. The highest BCUT2D eigenvalue weighted by atomic mass is 79.9. The molecule has 0 saturated carbocycles. The van der Waals surface area contributed by atoms with E-state index in [-0.39, 0.29) is 23.3 Å². The Morgan fingerprint density at radius 1 is 0.558 bits per heavy atom. The molecule has 0 spiro atoms. The number of nitrogens with zero attached hydrogens (tertiary/aromatic N) is 2. The summed E-state index contributed by atoms with van der Waals surface area (Å²) < 4.78 is 12.6. The van der Waals surface area contributed by atoms with E-state index in [0.717, 1.165) is 34.6 Å². The van der Waals surface area contributed by atoms with Gasteiger partial charge in [-0.2, -0.15) is 10.2 Å². The summed E-state index contributed by atoms with van der Waals surface area (Å²) >= 11 is 18.6. The molecule has 2 amide bonds. The fraction of sp³-hybridized carbons (Fsp3) is 0.211. The number of amides is 2. The lowest BCUT2D eigenvalue weighted by Crippen LogP contribution is -2.17. The van der Waals surface area contributed by atoms with E-state index in [0.29, 0.717) is 58.0 Å². The summed E-state index contributed by atoms with van der Waals surface area (Å²) in [6.45, 7) is 0. The lowest BCUT2D eigenvalue weighted by Gasteiger charge is -2.08. The van der Waals surface area contributed by atoms with E-state index in [1.54, 1.807) is 84.9 Å². The first-order valence-electron chi connectivity index (χ1n) is 16.3. The Kier molecular flexibility index (Phi) is 16.5. The number of carbonyl (C=O) groups excluding carboxylic acids is 4. The molecule has 10 nitrogen and oxygen atoms in total. The Morgan fingerprint density at radius 3 is 1.31 bits per heavy atom. The number of carbonyl (C=O) groups is 4. The van der Waals surface area contributed by atoms with Gasteiger partial charge in [-0.05, 0) is 97.8 Å².